The Morgan fingerprint density at radius 2 is 1.90 bits per heavy atom. The molecule has 0 spiro atoms. The maximum absolute atomic E-state index is 12.8. The minimum absolute atomic E-state index is 0.103. The van der Waals surface area contributed by atoms with Gasteiger partial charge in [-0.1, -0.05) is 31.5 Å². The number of rotatable bonds is 3. The van der Waals surface area contributed by atoms with Crippen LogP contribution in [0.3, 0.4) is 0 Å². The SMILES string of the molecule is NC(=S)C1(C(=O)NC2CCN3CCCC3C2)CCCCC1. The third-order valence-electron chi connectivity index (χ3n) is 5.77. The molecule has 3 N–H and O–H groups in total. The van der Waals surface area contributed by atoms with E-state index < -0.39 is 5.41 Å². The van der Waals surface area contributed by atoms with Crippen molar-refractivity contribution >= 4 is 23.1 Å². The second-order valence-corrected chi connectivity index (χ2v) is 7.47. The molecule has 2 atom stereocenters. The highest BCUT2D eigenvalue weighted by molar-refractivity contribution is 7.80. The quantitative estimate of drug-likeness (QED) is 0.783. The predicted molar refractivity (Wildman–Crippen MR) is 88.1 cm³/mol. The van der Waals surface area contributed by atoms with Crippen LogP contribution in [-0.2, 0) is 4.79 Å². The fourth-order valence-electron chi connectivity index (χ4n) is 4.42. The first kappa shape index (κ1) is 15.2. The van der Waals surface area contributed by atoms with Gasteiger partial charge in [-0.05, 0) is 45.1 Å². The van der Waals surface area contributed by atoms with Crippen LogP contribution >= 0.6 is 12.2 Å². The van der Waals surface area contributed by atoms with Crippen LogP contribution in [-0.4, -0.2) is 41.0 Å². The van der Waals surface area contributed by atoms with Gasteiger partial charge in [0, 0.05) is 18.6 Å². The third-order valence-corrected chi connectivity index (χ3v) is 6.16. The summed E-state index contributed by atoms with van der Waals surface area (Å²) in [6.45, 7) is 2.36. The van der Waals surface area contributed by atoms with Gasteiger partial charge in [0.25, 0.3) is 0 Å². The minimum Gasteiger partial charge on any atom is -0.392 e. The topological polar surface area (TPSA) is 58.4 Å². The average molecular weight is 309 g/mol. The van der Waals surface area contributed by atoms with E-state index in [1.165, 1.54) is 25.8 Å². The molecular weight excluding hydrogens is 282 g/mol. The number of amides is 1. The molecule has 5 heteroatoms. The summed E-state index contributed by atoms with van der Waals surface area (Å²) < 4.78 is 0. The maximum atomic E-state index is 12.8. The molecule has 21 heavy (non-hydrogen) atoms. The Bertz CT molecular complexity index is 420. The summed E-state index contributed by atoms with van der Waals surface area (Å²) in [7, 11) is 0. The zero-order valence-electron chi connectivity index (χ0n) is 12.8. The van der Waals surface area contributed by atoms with Gasteiger partial charge in [-0.15, -0.1) is 0 Å². The summed E-state index contributed by atoms with van der Waals surface area (Å²) >= 11 is 5.26. The average Bonchev–Trinajstić information content (AvgIpc) is 2.95. The Morgan fingerprint density at radius 1 is 1.14 bits per heavy atom. The van der Waals surface area contributed by atoms with E-state index in [0.29, 0.717) is 17.1 Å². The lowest BCUT2D eigenvalue weighted by Crippen LogP contribution is -2.55. The molecule has 2 unspecified atom stereocenters. The lowest BCUT2D eigenvalue weighted by molar-refractivity contribution is -0.130. The van der Waals surface area contributed by atoms with Gasteiger partial charge in [0.1, 0.15) is 0 Å². The molecule has 118 valence electrons. The number of carbonyl (C=O) groups is 1. The first-order valence-electron chi connectivity index (χ1n) is 8.47. The summed E-state index contributed by atoms with van der Waals surface area (Å²) in [5.41, 5.74) is 5.39. The smallest absolute Gasteiger partial charge is 0.233 e. The second kappa shape index (κ2) is 6.21. The Kier molecular flexibility index (Phi) is 4.50. The lowest BCUT2D eigenvalue weighted by atomic mass is 9.73. The molecule has 3 rings (SSSR count). The van der Waals surface area contributed by atoms with Crippen LogP contribution in [0.1, 0.15) is 57.8 Å². The van der Waals surface area contributed by atoms with Crippen LogP contribution in [0, 0.1) is 5.41 Å². The lowest BCUT2D eigenvalue weighted by Gasteiger charge is -2.39. The van der Waals surface area contributed by atoms with Crippen molar-refractivity contribution < 1.29 is 4.79 Å². The Hall–Kier alpha value is -0.680. The molecule has 2 heterocycles. The first-order valence-corrected chi connectivity index (χ1v) is 8.87. The van der Waals surface area contributed by atoms with Crippen molar-refractivity contribution in [2.45, 2.75) is 69.9 Å². The van der Waals surface area contributed by atoms with Gasteiger partial charge in [0.2, 0.25) is 5.91 Å². The van der Waals surface area contributed by atoms with Crippen molar-refractivity contribution in [3.8, 4) is 0 Å². The molecular formula is C16H27N3OS. The van der Waals surface area contributed by atoms with Gasteiger partial charge >= 0.3 is 0 Å². The summed E-state index contributed by atoms with van der Waals surface area (Å²) in [4.78, 5) is 15.8. The third kappa shape index (κ3) is 2.95. The monoisotopic (exact) mass is 309 g/mol. The fraction of sp³-hybridized carbons (Fsp3) is 0.875. The van der Waals surface area contributed by atoms with Gasteiger partial charge in [-0.25, -0.2) is 0 Å². The summed E-state index contributed by atoms with van der Waals surface area (Å²) in [5.74, 6) is 0.103. The van der Waals surface area contributed by atoms with Gasteiger partial charge < -0.3 is 16.0 Å². The van der Waals surface area contributed by atoms with E-state index in [-0.39, 0.29) is 5.91 Å². The molecule has 3 aliphatic rings. The second-order valence-electron chi connectivity index (χ2n) is 7.03. The molecule has 1 aliphatic carbocycles. The number of nitrogens with one attached hydrogen (secondary N) is 1. The van der Waals surface area contributed by atoms with E-state index >= 15 is 0 Å². The Balaban J connectivity index is 1.63. The molecule has 0 aromatic heterocycles. The largest absolute Gasteiger partial charge is 0.392 e. The highest BCUT2D eigenvalue weighted by atomic mass is 32.1. The molecule has 3 fully saturated rings. The van der Waals surface area contributed by atoms with Crippen LogP contribution in [0.2, 0.25) is 0 Å². The van der Waals surface area contributed by atoms with Gasteiger partial charge in [0.05, 0.1) is 10.4 Å². The molecule has 2 saturated heterocycles. The zero-order chi connectivity index (χ0) is 14.9. The summed E-state index contributed by atoms with van der Waals surface area (Å²) in [6.07, 6.45) is 9.73. The van der Waals surface area contributed by atoms with Gasteiger partial charge in [-0.2, -0.15) is 0 Å². The van der Waals surface area contributed by atoms with E-state index in [2.05, 4.69) is 10.2 Å². The van der Waals surface area contributed by atoms with Crippen molar-refractivity contribution in [1.29, 1.82) is 0 Å². The van der Waals surface area contributed by atoms with Crippen LogP contribution in [0.25, 0.3) is 0 Å². The summed E-state index contributed by atoms with van der Waals surface area (Å²) in [6, 6.07) is 0.987. The predicted octanol–water partition coefficient (Wildman–Crippen LogP) is 1.97. The van der Waals surface area contributed by atoms with E-state index in [1.807, 2.05) is 0 Å². The van der Waals surface area contributed by atoms with Crippen molar-refractivity contribution in [3.05, 3.63) is 0 Å². The molecule has 1 saturated carbocycles. The Labute approximate surface area is 132 Å². The number of carbonyl (C=O) groups excluding carboxylic acids is 1. The molecule has 4 nitrogen and oxygen atoms in total. The number of hydrogen-bond acceptors (Lipinski definition) is 3. The number of nitrogens with zero attached hydrogens (tertiary/aromatic N) is 1. The van der Waals surface area contributed by atoms with Crippen molar-refractivity contribution in [2.24, 2.45) is 11.1 Å². The first-order chi connectivity index (χ1) is 10.1. The standard InChI is InChI=1S/C16H27N3OS/c17-14(21)16(7-2-1-3-8-16)15(20)18-12-6-10-19-9-4-5-13(19)11-12/h12-13H,1-11H2,(H2,17,21)(H,18,20). The van der Waals surface area contributed by atoms with Crippen LogP contribution in [0.4, 0.5) is 0 Å². The number of thiocarbonyl (C=S) groups is 1. The molecule has 0 aromatic rings. The van der Waals surface area contributed by atoms with Gasteiger partial charge in [-0.3, -0.25) is 4.79 Å². The number of fused-ring (bicyclic) bond motifs is 1. The number of piperidine rings is 1. The summed E-state index contributed by atoms with van der Waals surface area (Å²) in [5, 5.41) is 3.29. The van der Waals surface area contributed by atoms with Crippen LogP contribution < -0.4 is 11.1 Å². The normalized spacial score (nSPS) is 32.4. The zero-order valence-corrected chi connectivity index (χ0v) is 13.6. The van der Waals surface area contributed by atoms with Crippen molar-refractivity contribution in [3.63, 3.8) is 0 Å². The molecule has 0 bridgehead atoms. The molecule has 0 aromatic carbocycles. The molecule has 0 radical (unpaired) electrons. The van der Waals surface area contributed by atoms with Crippen LogP contribution in [0.5, 0.6) is 0 Å². The minimum atomic E-state index is -0.569. The number of nitrogens with two attached hydrogens (primary N) is 1. The van der Waals surface area contributed by atoms with Crippen molar-refractivity contribution in [2.75, 3.05) is 13.1 Å². The van der Waals surface area contributed by atoms with Gasteiger partial charge in [0.15, 0.2) is 0 Å². The molecule has 1 amide bonds. The van der Waals surface area contributed by atoms with E-state index in [1.54, 1.807) is 0 Å². The van der Waals surface area contributed by atoms with E-state index in [4.69, 9.17) is 18.0 Å². The Morgan fingerprint density at radius 3 is 2.62 bits per heavy atom. The molecule has 2 aliphatic heterocycles. The van der Waals surface area contributed by atoms with Crippen LogP contribution in [0.15, 0.2) is 0 Å². The number of hydrogen-bond donors (Lipinski definition) is 2. The maximum Gasteiger partial charge on any atom is 0.233 e. The van der Waals surface area contributed by atoms with E-state index in [9.17, 15) is 4.79 Å². The highest BCUT2D eigenvalue weighted by Gasteiger charge is 2.43. The van der Waals surface area contributed by atoms with E-state index in [0.717, 1.165) is 45.1 Å². The van der Waals surface area contributed by atoms with Crippen molar-refractivity contribution in [1.82, 2.24) is 10.2 Å². The fourth-order valence-corrected chi connectivity index (χ4v) is 4.72. The highest BCUT2D eigenvalue weighted by Crippen LogP contribution is 2.37.